The molecule has 1 aliphatic carbocycles. The lowest BCUT2D eigenvalue weighted by atomic mass is 10.1. The Bertz CT molecular complexity index is 168. The highest BCUT2D eigenvalue weighted by molar-refractivity contribution is 5.28. The van der Waals surface area contributed by atoms with Crippen molar-refractivity contribution >= 4 is 0 Å². The molecule has 0 radical (unpaired) electrons. The molecule has 0 amide bonds. The van der Waals surface area contributed by atoms with E-state index >= 15 is 0 Å². The third-order valence-electron chi connectivity index (χ3n) is 1.33. The molecular weight excluding hydrogens is 122 g/mol. The first-order chi connectivity index (χ1) is 4.20. The van der Waals surface area contributed by atoms with E-state index in [4.69, 9.17) is 0 Å². The van der Waals surface area contributed by atoms with E-state index < -0.39 is 6.17 Å². The average molecular weight is 130 g/mol. The Kier molecular flexibility index (Phi) is 1.65. The van der Waals surface area contributed by atoms with Crippen LogP contribution in [0.15, 0.2) is 23.6 Å². The van der Waals surface area contributed by atoms with Crippen LogP contribution in [0.5, 0.6) is 0 Å². The van der Waals surface area contributed by atoms with Crippen LogP contribution in [0.2, 0.25) is 0 Å². The number of allylic oxidation sites excluding steroid dienone is 4. The van der Waals surface area contributed by atoms with Gasteiger partial charge in [-0.2, -0.15) is 0 Å². The molecule has 0 saturated carbocycles. The minimum Gasteiger partial charge on any atom is -0.243 e. The zero-order valence-electron chi connectivity index (χ0n) is 5.20. The maximum absolute atomic E-state index is 12.4. The lowest BCUT2D eigenvalue weighted by Crippen LogP contribution is -1.99. The molecule has 50 valence electrons. The summed E-state index contributed by atoms with van der Waals surface area (Å²) in [6, 6.07) is 0. The predicted octanol–water partition coefficient (Wildman–Crippen LogP) is 2.53. The van der Waals surface area contributed by atoms with Crippen molar-refractivity contribution in [1.29, 1.82) is 0 Å². The van der Waals surface area contributed by atoms with E-state index in [9.17, 15) is 8.78 Å². The highest BCUT2D eigenvalue weighted by Gasteiger charge is 2.10. The Hall–Kier alpha value is -0.660. The third kappa shape index (κ3) is 1.37. The molecule has 1 atom stereocenters. The highest BCUT2D eigenvalue weighted by atomic mass is 19.1. The smallest absolute Gasteiger partial charge is 0.122 e. The zero-order chi connectivity index (χ0) is 6.85. The lowest BCUT2D eigenvalue weighted by Gasteiger charge is -2.07. The molecule has 0 aliphatic heterocycles. The van der Waals surface area contributed by atoms with Crippen LogP contribution in [-0.4, -0.2) is 6.17 Å². The van der Waals surface area contributed by atoms with Crippen molar-refractivity contribution < 1.29 is 8.78 Å². The summed E-state index contributed by atoms with van der Waals surface area (Å²) in [5.41, 5.74) is 0.411. The Balaban J connectivity index is 2.75. The maximum atomic E-state index is 12.4. The van der Waals surface area contributed by atoms with Crippen molar-refractivity contribution in [2.45, 2.75) is 19.5 Å². The molecule has 0 N–H and O–H groups in total. The lowest BCUT2D eigenvalue weighted by molar-refractivity contribution is 0.393. The van der Waals surface area contributed by atoms with Gasteiger partial charge in [0.15, 0.2) is 0 Å². The molecule has 0 heterocycles. The normalized spacial score (nSPS) is 27.2. The summed E-state index contributed by atoms with van der Waals surface area (Å²) in [6.07, 6.45) is 1.78. The molecule has 0 aromatic carbocycles. The van der Waals surface area contributed by atoms with Crippen LogP contribution in [0.25, 0.3) is 0 Å². The molecule has 0 bridgehead atoms. The van der Waals surface area contributed by atoms with Gasteiger partial charge in [0.25, 0.3) is 0 Å². The van der Waals surface area contributed by atoms with Gasteiger partial charge in [0.05, 0.1) is 0 Å². The molecule has 0 saturated heterocycles. The minimum atomic E-state index is -0.982. The maximum Gasteiger partial charge on any atom is 0.122 e. The fourth-order valence-electron chi connectivity index (χ4n) is 0.796. The van der Waals surface area contributed by atoms with E-state index in [1.54, 1.807) is 6.92 Å². The molecule has 0 nitrogen and oxygen atoms in total. The summed E-state index contributed by atoms with van der Waals surface area (Å²) in [7, 11) is 0. The molecule has 1 unspecified atom stereocenters. The SMILES string of the molecule is CC1=CC(F)CC=C1F. The number of halogens is 2. The molecule has 0 aromatic rings. The Labute approximate surface area is 52.9 Å². The van der Waals surface area contributed by atoms with Crippen molar-refractivity contribution in [3.63, 3.8) is 0 Å². The highest BCUT2D eigenvalue weighted by Crippen LogP contribution is 2.20. The number of rotatable bonds is 0. The van der Waals surface area contributed by atoms with E-state index in [-0.39, 0.29) is 12.2 Å². The standard InChI is InChI=1S/C7H8F2/c1-5-4-6(8)2-3-7(5)9/h3-4,6H,2H2,1H3. The van der Waals surface area contributed by atoms with E-state index in [1.807, 2.05) is 0 Å². The molecular formula is C7H8F2. The summed E-state index contributed by atoms with van der Waals surface area (Å²) in [4.78, 5) is 0. The summed E-state index contributed by atoms with van der Waals surface area (Å²) in [6.45, 7) is 1.57. The number of alkyl halides is 1. The summed E-state index contributed by atoms with van der Waals surface area (Å²) >= 11 is 0. The van der Waals surface area contributed by atoms with Crippen LogP contribution in [0.3, 0.4) is 0 Å². The molecule has 1 aliphatic rings. The molecule has 2 heteroatoms. The first kappa shape index (κ1) is 6.46. The van der Waals surface area contributed by atoms with Crippen LogP contribution >= 0.6 is 0 Å². The Morgan fingerprint density at radius 2 is 2.33 bits per heavy atom. The number of hydrogen-bond acceptors (Lipinski definition) is 0. The first-order valence-corrected chi connectivity index (χ1v) is 2.88. The van der Waals surface area contributed by atoms with E-state index in [1.165, 1.54) is 12.2 Å². The van der Waals surface area contributed by atoms with Crippen molar-refractivity contribution in [3.05, 3.63) is 23.6 Å². The zero-order valence-corrected chi connectivity index (χ0v) is 5.20. The fourth-order valence-corrected chi connectivity index (χ4v) is 0.796. The van der Waals surface area contributed by atoms with Gasteiger partial charge in [-0.25, -0.2) is 8.78 Å². The topological polar surface area (TPSA) is 0 Å². The van der Waals surface area contributed by atoms with Gasteiger partial charge in [0.2, 0.25) is 0 Å². The first-order valence-electron chi connectivity index (χ1n) is 2.88. The summed E-state index contributed by atoms with van der Waals surface area (Å²) in [5, 5.41) is 0. The van der Waals surface area contributed by atoms with Gasteiger partial charge >= 0.3 is 0 Å². The molecule has 1 rings (SSSR count). The second kappa shape index (κ2) is 2.29. The van der Waals surface area contributed by atoms with Gasteiger partial charge in [-0.3, -0.25) is 0 Å². The van der Waals surface area contributed by atoms with Crippen LogP contribution < -0.4 is 0 Å². The summed E-state index contributed by atoms with van der Waals surface area (Å²) < 4.78 is 24.7. The van der Waals surface area contributed by atoms with Crippen LogP contribution in [-0.2, 0) is 0 Å². The van der Waals surface area contributed by atoms with Gasteiger partial charge in [-0.15, -0.1) is 0 Å². The van der Waals surface area contributed by atoms with Crippen LogP contribution in [0.4, 0.5) is 8.78 Å². The molecule has 0 fully saturated rings. The van der Waals surface area contributed by atoms with E-state index in [2.05, 4.69) is 0 Å². The minimum absolute atomic E-state index is 0.184. The Morgan fingerprint density at radius 1 is 1.67 bits per heavy atom. The molecule has 9 heavy (non-hydrogen) atoms. The van der Waals surface area contributed by atoms with Gasteiger partial charge in [-0.05, 0) is 24.6 Å². The second-order valence-electron chi connectivity index (χ2n) is 2.15. The third-order valence-corrected chi connectivity index (χ3v) is 1.33. The largest absolute Gasteiger partial charge is 0.243 e. The van der Waals surface area contributed by atoms with Crippen LogP contribution in [0, 0.1) is 0 Å². The van der Waals surface area contributed by atoms with Crippen molar-refractivity contribution in [1.82, 2.24) is 0 Å². The summed E-state index contributed by atoms with van der Waals surface area (Å²) in [5.74, 6) is -0.288. The van der Waals surface area contributed by atoms with Gasteiger partial charge in [0, 0.05) is 6.42 Å². The van der Waals surface area contributed by atoms with Crippen molar-refractivity contribution in [2.75, 3.05) is 0 Å². The predicted molar refractivity (Wildman–Crippen MR) is 32.5 cm³/mol. The van der Waals surface area contributed by atoms with Crippen molar-refractivity contribution in [2.24, 2.45) is 0 Å². The number of hydrogen-bond donors (Lipinski definition) is 0. The Morgan fingerprint density at radius 3 is 2.78 bits per heavy atom. The molecule has 0 spiro atoms. The van der Waals surface area contributed by atoms with Gasteiger partial charge in [-0.1, -0.05) is 0 Å². The average Bonchev–Trinajstić information content (AvgIpc) is 1.80. The van der Waals surface area contributed by atoms with Crippen LogP contribution in [0.1, 0.15) is 13.3 Å². The van der Waals surface area contributed by atoms with Gasteiger partial charge in [0.1, 0.15) is 12.0 Å². The fraction of sp³-hybridized carbons (Fsp3) is 0.429. The quantitative estimate of drug-likeness (QED) is 0.472. The molecule has 0 aromatic heterocycles. The van der Waals surface area contributed by atoms with Crippen molar-refractivity contribution in [3.8, 4) is 0 Å². The van der Waals surface area contributed by atoms with E-state index in [0.29, 0.717) is 5.57 Å². The van der Waals surface area contributed by atoms with E-state index in [0.717, 1.165) is 0 Å². The monoisotopic (exact) mass is 130 g/mol. The second-order valence-corrected chi connectivity index (χ2v) is 2.15. The van der Waals surface area contributed by atoms with Gasteiger partial charge < -0.3 is 0 Å².